The second-order valence-electron chi connectivity index (χ2n) is 34.1. The predicted octanol–water partition coefficient (Wildman–Crippen LogP) is 13.3. The summed E-state index contributed by atoms with van der Waals surface area (Å²) in [5, 5.41) is 55.8. The molecule has 16 unspecified atom stereocenters. The van der Waals surface area contributed by atoms with E-state index in [1.807, 2.05) is 20.9 Å². The Labute approximate surface area is 525 Å². The van der Waals surface area contributed by atoms with Gasteiger partial charge in [0.2, 0.25) is 0 Å². The molecule has 3 aromatic rings. The number of carbonyl (C=O) groups excluding carboxylic acids is 3. The first-order valence-electron chi connectivity index (χ1n) is 35.6. The number of nitrogens with one attached hydrogen (secondary N) is 2. The lowest BCUT2D eigenvalue weighted by atomic mass is 9.30. The monoisotopic (exact) mass is 1210 g/mol. The fourth-order valence-electron chi connectivity index (χ4n) is 23.6. The number of aromatic amines is 1. The van der Waals surface area contributed by atoms with Gasteiger partial charge in [-0.2, -0.15) is 0 Å². The van der Waals surface area contributed by atoms with E-state index in [-0.39, 0.29) is 46.8 Å². The highest BCUT2D eigenvalue weighted by Crippen LogP contribution is 2.80. The van der Waals surface area contributed by atoms with E-state index in [1.165, 1.54) is 31.2 Å². The molecule has 11 aliphatic rings. The number of hydrogen-bond acceptors (Lipinski definition) is 10. The molecular weight excluding hydrogens is 1100 g/mol. The van der Waals surface area contributed by atoms with Crippen LogP contribution in [0.15, 0.2) is 35.7 Å². The Morgan fingerprint density at radius 2 is 1.60 bits per heavy atom. The topological polar surface area (TPSA) is 187 Å². The number of rotatable bonds is 12. The molecule has 6 N–H and O–H groups in total. The second-order valence-corrected chi connectivity index (χ2v) is 34.1. The number of Topliss-reactive ketones (excluding diaryl/α,β-unsaturated/α-hetero) is 3. The third-order valence-corrected chi connectivity index (χ3v) is 28.4. The average molecular weight is 1210 g/mol. The minimum Gasteiger partial charge on any atom is -0.393 e. The molecule has 12 heteroatoms. The van der Waals surface area contributed by atoms with Crippen molar-refractivity contribution in [1.82, 2.24) is 14.9 Å². The summed E-state index contributed by atoms with van der Waals surface area (Å²) in [7, 11) is 1.96. The Morgan fingerprint density at radius 1 is 0.864 bits per heavy atom. The number of allylic oxidation sites excluding steroid dienone is 1. The van der Waals surface area contributed by atoms with Gasteiger partial charge in [0, 0.05) is 78.4 Å². The van der Waals surface area contributed by atoms with Crippen molar-refractivity contribution in [1.29, 1.82) is 0 Å². The van der Waals surface area contributed by atoms with E-state index in [0.29, 0.717) is 102 Å². The molecule has 8 fully saturated rings. The van der Waals surface area contributed by atoms with E-state index in [9.17, 15) is 20.4 Å². The van der Waals surface area contributed by atoms with Gasteiger partial charge in [0.05, 0.1) is 58.7 Å². The maximum Gasteiger partial charge on any atom is 0.160 e. The highest BCUT2D eigenvalue weighted by atomic mass is 16.6. The summed E-state index contributed by atoms with van der Waals surface area (Å²) in [6, 6.07) is 4.84. The largest absolute Gasteiger partial charge is 0.393 e. The molecule has 3 aliphatic heterocycles. The van der Waals surface area contributed by atoms with Crippen molar-refractivity contribution in [2.75, 3.05) is 20.2 Å². The minimum absolute atomic E-state index is 0.0573. The molecule has 5 heterocycles. The third kappa shape index (κ3) is 9.17. The van der Waals surface area contributed by atoms with Gasteiger partial charge >= 0.3 is 0 Å². The molecule has 88 heavy (non-hydrogen) atoms. The van der Waals surface area contributed by atoms with Crippen LogP contribution in [0.1, 0.15) is 262 Å². The van der Waals surface area contributed by atoms with Crippen molar-refractivity contribution in [2.45, 2.75) is 289 Å². The van der Waals surface area contributed by atoms with Crippen LogP contribution in [0.4, 0.5) is 0 Å². The van der Waals surface area contributed by atoms with Gasteiger partial charge in [-0.1, -0.05) is 106 Å². The number of aliphatic hydroxyl groups is 4. The number of benzene rings is 1. The zero-order chi connectivity index (χ0) is 62.1. The Hall–Kier alpha value is -3.49. The zero-order valence-corrected chi connectivity index (χ0v) is 55.4. The van der Waals surface area contributed by atoms with Crippen LogP contribution in [-0.4, -0.2) is 103 Å². The third-order valence-electron chi connectivity index (χ3n) is 28.4. The van der Waals surface area contributed by atoms with Gasteiger partial charge in [0.25, 0.3) is 0 Å². The number of ether oxygens (including phenoxy) is 2. The molecule has 2 aromatic heterocycles. The number of aromatic nitrogens is 2. The molecule has 1 aromatic carbocycles. The Balaban J connectivity index is 0.974. The van der Waals surface area contributed by atoms with Gasteiger partial charge in [-0.05, 0) is 202 Å². The van der Waals surface area contributed by atoms with E-state index >= 15 is 14.4 Å². The number of aryl methyl sites for hydroxylation is 1. The van der Waals surface area contributed by atoms with Crippen LogP contribution < -0.4 is 5.32 Å². The van der Waals surface area contributed by atoms with Gasteiger partial charge < -0.3 is 44.8 Å². The van der Waals surface area contributed by atoms with Gasteiger partial charge in [-0.25, -0.2) is 0 Å². The van der Waals surface area contributed by atoms with E-state index in [4.69, 9.17) is 9.47 Å². The van der Waals surface area contributed by atoms with Crippen LogP contribution in [0.25, 0.3) is 11.0 Å². The van der Waals surface area contributed by atoms with Gasteiger partial charge in [-0.3, -0.25) is 14.4 Å². The van der Waals surface area contributed by atoms with Crippen molar-refractivity contribution in [3.8, 4) is 0 Å². The number of ketones is 3. The molecule has 0 radical (unpaired) electrons. The first-order chi connectivity index (χ1) is 41.7. The standard InChI is InChI=1S/C76H109N3O9/c1-44(2)19-20-46-33-50-51(34-48(45-17-13-11-14-18-45)35-54(50)76(86)30-32-87-75(43-76)24-15-12-16-25-75)59(64(46)84)52-41-79-42-53-60-61(69(5,37-56(82)67-68(3,4)88-67)26-21-47-40-78-62(52)63(47)79)55(81)38-72(60,8)71(7)27-23-57-70(6,29-31-77-10)58(83)39-74(28-22-49(80)36-74)73(57,9)66(71)65(53)85/h34-35,40-41,44-46,49,53,56-57,59,65-67,77-78,80,82,85-86H,11-33,36-39,42-43H2,1-10H3. The Morgan fingerprint density at radius 3 is 2.30 bits per heavy atom. The summed E-state index contributed by atoms with van der Waals surface area (Å²) < 4.78 is 15.3. The molecule has 0 amide bonds. The number of nitrogens with zero attached hydrogens (tertiary/aromatic N) is 1. The van der Waals surface area contributed by atoms with Crippen LogP contribution in [0.3, 0.4) is 0 Å². The molecule has 482 valence electrons. The van der Waals surface area contributed by atoms with Crippen molar-refractivity contribution < 1.29 is 44.3 Å². The molecule has 8 aliphatic carbocycles. The van der Waals surface area contributed by atoms with Crippen LogP contribution in [-0.2, 0) is 48.8 Å². The SMILES string of the molecule is CNCCC1(C)C(=O)CC2(CCC(O)C2)C2(C)C1CCC1(C)C2C(O)C2Cn3cc(C4C(=O)C(CCC(C)C)Cc5c4cc(C4CCCCC4)cc5C4(O)CCOC5(CCCCC5)C4)c4[nH]cc(c43)CCC(C)(CC(O)C3OC3(C)C)C3=C2C1(C)CC3=O. The van der Waals surface area contributed by atoms with E-state index < -0.39 is 73.8 Å². The Kier molecular flexibility index (Phi) is 15.2. The number of epoxide rings is 1. The average Bonchev–Trinajstić information content (AvgIpc) is 1.09. The van der Waals surface area contributed by atoms with Crippen LogP contribution in [0.5, 0.6) is 0 Å². The summed E-state index contributed by atoms with van der Waals surface area (Å²) >= 11 is 0. The van der Waals surface area contributed by atoms with Crippen molar-refractivity contribution in [3.63, 3.8) is 0 Å². The summed E-state index contributed by atoms with van der Waals surface area (Å²) in [4.78, 5) is 51.4. The minimum atomic E-state index is -1.10. The maximum absolute atomic E-state index is 16.3. The van der Waals surface area contributed by atoms with E-state index in [1.54, 1.807) is 0 Å². The van der Waals surface area contributed by atoms with Crippen LogP contribution >= 0.6 is 0 Å². The molecule has 16 atom stereocenters. The molecule has 2 saturated heterocycles. The summed E-state index contributed by atoms with van der Waals surface area (Å²) in [5.74, 6) is -0.360. The zero-order valence-electron chi connectivity index (χ0n) is 55.4. The quantitative estimate of drug-likeness (QED) is 0.0953. The number of hydrogen-bond donors (Lipinski definition) is 6. The number of carbonyl (C=O) groups is 3. The summed E-state index contributed by atoms with van der Waals surface area (Å²) in [5.41, 5.74) is 4.63. The predicted molar refractivity (Wildman–Crippen MR) is 343 cm³/mol. The van der Waals surface area contributed by atoms with Gasteiger partial charge in [0.1, 0.15) is 17.7 Å². The lowest BCUT2D eigenvalue weighted by Crippen LogP contribution is -2.72. The van der Waals surface area contributed by atoms with Crippen LogP contribution in [0, 0.1) is 62.1 Å². The van der Waals surface area contributed by atoms with Crippen LogP contribution in [0.2, 0.25) is 0 Å². The number of fused-ring (bicyclic) bond motifs is 6. The van der Waals surface area contributed by atoms with E-state index in [0.717, 1.165) is 121 Å². The number of H-pyrrole nitrogens is 1. The molecule has 12 nitrogen and oxygen atoms in total. The van der Waals surface area contributed by atoms with Gasteiger partial charge in [0.15, 0.2) is 5.78 Å². The summed E-state index contributed by atoms with van der Waals surface area (Å²) in [6.45, 7) is 21.8. The molecule has 6 saturated carbocycles. The molecule has 14 rings (SSSR count). The van der Waals surface area contributed by atoms with Crippen molar-refractivity contribution in [2.24, 2.45) is 62.1 Å². The first-order valence-corrected chi connectivity index (χ1v) is 35.6. The smallest absolute Gasteiger partial charge is 0.160 e. The maximum atomic E-state index is 16.3. The highest BCUT2D eigenvalue weighted by molar-refractivity contribution is 6.02. The Bertz CT molecular complexity index is 3300. The van der Waals surface area contributed by atoms with Crippen molar-refractivity contribution >= 4 is 28.4 Å². The fraction of sp³-hybridized carbons (Fsp3) is 0.776. The van der Waals surface area contributed by atoms with Crippen molar-refractivity contribution in [3.05, 3.63) is 69.1 Å². The highest BCUT2D eigenvalue weighted by Gasteiger charge is 2.78. The normalized spacial score (nSPS) is 41.6. The lowest BCUT2D eigenvalue weighted by molar-refractivity contribution is -0.262. The van der Waals surface area contributed by atoms with Gasteiger partial charge in [-0.15, -0.1) is 0 Å². The van der Waals surface area contributed by atoms with E-state index in [2.05, 4.69) is 87.9 Å². The lowest BCUT2D eigenvalue weighted by Gasteiger charge is -2.74. The molecule has 2 spiro atoms. The number of aliphatic hydroxyl groups excluding tert-OH is 3. The fourth-order valence-corrected chi connectivity index (χ4v) is 23.6. The second kappa shape index (κ2) is 21.5. The first kappa shape index (κ1) is 62.0. The molecular formula is C76H109N3O9. The molecule has 0 bridgehead atoms. The summed E-state index contributed by atoms with van der Waals surface area (Å²) in [6.07, 6.45) is 22.6.